The van der Waals surface area contributed by atoms with Gasteiger partial charge < -0.3 is 10.2 Å². The zero-order valence-electron chi connectivity index (χ0n) is 10.0. The number of halogens is 2. The van der Waals surface area contributed by atoms with E-state index >= 15 is 0 Å². The van der Waals surface area contributed by atoms with Gasteiger partial charge in [-0.15, -0.1) is 0 Å². The number of rotatable bonds is 2. The first kappa shape index (κ1) is 13.2. The minimum atomic E-state index is 0.551. The number of hydrogen-bond acceptors (Lipinski definition) is 2. The predicted octanol–water partition coefficient (Wildman–Crippen LogP) is 4.00. The first-order chi connectivity index (χ1) is 8.16. The van der Waals surface area contributed by atoms with Crippen molar-refractivity contribution in [3.05, 3.63) is 27.7 Å². The topological polar surface area (TPSA) is 15.3 Å². The van der Waals surface area contributed by atoms with Gasteiger partial charge in [0, 0.05) is 6.04 Å². The van der Waals surface area contributed by atoms with E-state index in [0.717, 1.165) is 21.7 Å². The Balaban J connectivity index is 2.02. The molecule has 4 heteroatoms. The Morgan fingerprint density at radius 3 is 3.00 bits per heavy atom. The van der Waals surface area contributed by atoms with Crippen molar-refractivity contribution in [2.24, 2.45) is 0 Å². The lowest BCUT2D eigenvalue weighted by molar-refractivity contribution is 0.348. The molecule has 0 amide bonds. The molecule has 17 heavy (non-hydrogen) atoms. The molecule has 1 aliphatic rings. The van der Waals surface area contributed by atoms with E-state index in [4.69, 9.17) is 11.6 Å². The summed E-state index contributed by atoms with van der Waals surface area (Å²) in [4.78, 5) is 2.40. The summed E-state index contributed by atoms with van der Waals surface area (Å²) in [5.41, 5.74) is 1.10. The number of nitrogens with one attached hydrogen (secondary N) is 1. The smallest absolute Gasteiger partial charge is 0.0593 e. The third-order valence-corrected chi connectivity index (χ3v) is 4.66. The van der Waals surface area contributed by atoms with Gasteiger partial charge in [0.25, 0.3) is 0 Å². The first-order valence-electron chi connectivity index (χ1n) is 6.06. The molecule has 0 bridgehead atoms. The molecule has 1 unspecified atom stereocenters. The van der Waals surface area contributed by atoms with Gasteiger partial charge in [0.05, 0.1) is 15.2 Å². The van der Waals surface area contributed by atoms with Gasteiger partial charge in [-0.3, -0.25) is 0 Å². The normalized spacial score (nSPS) is 22.2. The molecule has 94 valence electrons. The van der Waals surface area contributed by atoms with E-state index < -0.39 is 0 Å². The SMILES string of the molecule is CN1CCCC(Nc2cccc(Cl)c2Br)CC1. The van der Waals surface area contributed by atoms with Gasteiger partial charge in [0.2, 0.25) is 0 Å². The Hall–Kier alpha value is -0.250. The standard InChI is InChI=1S/C13H18BrClN2/c1-17-8-3-4-10(7-9-17)16-12-6-2-5-11(15)13(12)14/h2,5-6,10,16H,3-4,7-9H2,1H3. The number of anilines is 1. The lowest BCUT2D eigenvalue weighted by atomic mass is 10.1. The summed E-state index contributed by atoms with van der Waals surface area (Å²) in [6.07, 6.45) is 3.67. The lowest BCUT2D eigenvalue weighted by Crippen LogP contribution is -2.23. The molecule has 0 saturated carbocycles. The van der Waals surface area contributed by atoms with Gasteiger partial charge in [-0.2, -0.15) is 0 Å². The van der Waals surface area contributed by atoms with E-state index in [0.29, 0.717) is 6.04 Å². The van der Waals surface area contributed by atoms with Crippen molar-refractivity contribution in [3.8, 4) is 0 Å². The number of hydrogen-bond donors (Lipinski definition) is 1. The summed E-state index contributed by atoms with van der Waals surface area (Å²) >= 11 is 9.63. The van der Waals surface area contributed by atoms with Crippen molar-refractivity contribution in [1.29, 1.82) is 0 Å². The average Bonchev–Trinajstić information content (AvgIpc) is 2.50. The van der Waals surface area contributed by atoms with Crippen LogP contribution in [0.3, 0.4) is 0 Å². The van der Waals surface area contributed by atoms with E-state index in [-0.39, 0.29) is 0 Å². The van der Waals surface area contributed by atoms with Crippen LogP contribution in [-0.4, -0.2) is 31.1 Å². The molecular weight excluding hydrogens is 300 g/mol. The molecule has 0 aromatic heterocycles. The first-order valence-corrected chi connectivity index (χ1v) is 7.23. The number of likely N-dealkylation sites (tertiary alicyclic amines) is 1. The zero-order chi connectivity index (χ0) is 12.3. The van der Waals surface area contributed by atoms with Crippen LogP contribution in [0, 0.1) is 0 Å². The third kappa shape index (κ3) is 3.60. The second-order valence-corrected chi connectivity index (χ2v) is 5.88. The van der Waals surface area contributed by atoms with Crippen molar-refractivity contribution >= 4 is 33.2 Å². The molecule has 1 fully saturated rings. The third-order valence-electron chi connectivity index (χ3n) is 3.26. The summed E-state index contributed by atoms with van der Waals surface area (Å²) in [6.45, 7) is 2.37. The summed E-state index contributed by atoms with van der Waals surface area (Å²) in [5.74, 6) is 0. The molecule has 1 aromatic rings. The monoisotopic (exact) mass is 316 g/mol. The summed E-state index contributed by atoms with van der Waals surface area (Å²) in [6, 6.07) is 6.51. The predicted molar refractivity (Wildman–Crippen MR) is 77.9 cm³/mol. The Kier molecular flexibility index (Phi) is 4.71. The van der Waals surface area contributed by atoms with Crippen LogP contribution in [-0.2, 0) is 0 Å². The Bertz CT molecular complexity index is 384. The van der Waals surface area contributed by atoms with Gasteiger partial charge >= 0.3 is 0 Å². The molecule has 1 aliphatic heterocycles. The zero-order valence-corrected chi connectivity index (χ0v) is 12.4. The van der Waals surface area contributed by atoms with E-state index in [1.807, 2.05) is 12.1 Å². The maximum Gasteiger partial charge on any atom is 0.0593 e. The molecule has 1 atom stereocenters. The quantitative estimate of drug-likeness (QED) is 0.887. The highest BCUT2D eigenvalue weighted by molar-refractivity contribution is 9.10. The van der Waals surface area contributed by atoms with Crippen LogP contribution < -0.4 is 5.32 Å². The molecule has 1 aromatic carbocycles. The fourth-order valence-electron chi connectivity index (χ4n) is 2.22. The van der Waals surface area contributed by atoms with E-state index in [1.165, 1.54) is 25.8 Å². The van der Waals surface area contributed by atoms with Crippen LogP contribution in [0.25, 0.3) is 0 Å². The summed E-state index contributed by atoms with van der Waals surface area (Å²) in [5, 5.41) is 4.36. The highest BCUT2D eigenvalue weighted by Gasteiger charge is 2.15. The maximum atomic E-state index is 6.09. The largest absolute Gasteiger partial charge is 0.381 e. The molecule has 2 nitrogen and oxygen atoms in total. The van der Waals surface area contributed by atoms with Gasteiger partial charge in [-0.25, -0.2) is 0 Å². The molecule has 1 heterocycles. The minimum absolute atomic E-state index is 0.551. The molecule has 1 saturated heterocycles. The van der Waals surface area contributed by atoms with Crippen LogP contribution in [0.4, 0.5) is 5.69 Å². The van der Waals surface area contributed by atoms with Crippen molar-refractivity contribution < 1.29 is 0 Å². The van der Waals surface area contributed by atoms with Crippen LogP contribution in [0.5, 0.6) is 0 Å². The maximum absolute atomic E-state index is 6.09. The van der Waals surface area contributed by atoms with E-state index in [2.05, 4.69) is 39.3 Å². The minimum Gasteiger partial charge on any atom is -0.381 e. The summed E-state index contributed by atoms with van der Waals surface area (Å²) in [7, 11) is 2.19. The van der Waals surface area contributed by atoms with Crippen molar-refractivity contribution in [3.63, 3.8) is 0 Å². The van der Waals surface area contributed by atoms with Crippen molar-refractivity contribution in [2.75, 3.05) is 25.5 Å². The number of nitrogens with zero attached hydrogens (tertiary/aromatic N) is 1. The molecular formula is C13H18BrClN2. The highest BCUT2D eigenvalue weighted by atomic mass is 79.9. The molecule has 0 aliphatic carbocycles. The number of benzene rings is 1. The van der Waals surface area contributed by atoms with Gasteiger partial charge in [0.15, 0.2) is 0 Å². The second kappa shape index (κ2) is 6.07. The van der Waals surface area contributed by atoms with Gasteiger partial charge in [-0.1, -0.05) is 17.7 Å². The van der Waals surface area contributed by atoms with Crippen LogP contribution in [0.2, 0.25) is 5.02 Å². The van der Waals surface area contributed by atoms with Gasteiger partial charge in [-0.05, 0) is 67.5 Å². The van der Waals surface area contributed by atoms with Crippen LogP contribution >= 0.6 is 27.5 Å². The van der Waals surface area contributed by atoms with Crippen molar-refractivity contribution in [1.82, 2.24) is 4.90 Å². The lowest BCUT2D eigenvalue weighted by Gasteiger charge is -2.19. The fraction of sp³-hybridized carbons (Fsp3) is 0.538. The molecule has 2 rings (SSSR count). The average molecular weight is 318 g/mol. The highest BCUT2D eigenvalue weighted by Crippen LogP contribution is 2.31. The molecule has 1 N–H and O–H groups in total. The van der Waals surface area contributed by atoms with Gasteiger partial charge in [0.1, 0.15) is 0 Å². The summed E-state index contributed by atoms with van der Waals surface area (Å²) < 4.78 is 0.972. The van der Waals surface area contributed by atoms with Crippen LogP contribution in [0.1, 0.15) is 19.3 Å². The Morgan fingerprint density at radius 1 is 1.35 bits per heavy atom. The van der Waals surface area contributed by atoms with E-state index in [1.54, 1.807) is 0 Å². The molecule has 0 spiro atoms. The van der Waals surface area contributed by atoms with E-state index in [9.17, 15) is 0 Å². The Labute approximate surface area is 116 Å². The second-order valence-electron chi connectivity index (χ2n) is 4.68. The Morgan fingerprint density at radius 2 is 2.18 bits per heavy atom. The van der Waals surface area contributed by atoms with Crippen LogP contribution in [0.15, 0.2) is 22.7 Å². The van der Waals surface area contributed by atoms with Crippen molar-refractivity contribution in [2.45, 2.75) is 25.3 Å². The fourth-order valence-corrected chi connectivity index (χ4v) is 2.77. The molecule has 0 radical (unpaired) electrons.